The molecule has 0 fully saturated rings. The predicted octanol–water partition coefficient (Wildman–Crippen LogP) is 3.22. The highest BCUT2D eigenvalue weighted by Gasteiger charge is 2.16. The number of benzene rings is 1. The van der Waals surface area contributed by atoms with E-state index in [9.17, 15) is 4.79 Å². The summed E-state index contributed by atoms with van der Waals surface area (Å²) in [4.78, 5) is 20.5. The summed E-state index contributed by atoms with van der Waals surface area (Å²) in [5.41, 5.74) is 2.92. The summed E-state index contributed by atoms with van der Waals surface area (Å²) in [6.45, 7) is 0.200. The molecule has 0 atom stereocenters. The molecule has 0 saturated heterocycles. The molecule has 0 aliphatic carbocycles. The number of hydrogen-bond donors (Lipinski definition) is 2. The van der Waals surface area contributed by atoms with Gasteiger partial charge in [0.2, 0.25) is 0 Å². The summed E-state index contributed by atoms with van der Waals surface area (Å²) < 4.78 is 6.30. The first-order valence-corrected chi connectivity index (χ1v) is 9.31. The van der Waals surface area contributed by atoms with Gasteiger partial charge in [-0.3, -0.25) is 0 Å². The van der Waals surface area contributed by atoms with Gasteiger partial charge in [-0.05, 0) is 34.7 Å². The number of carbonyl (C=O) groups is 1. The van der Waals surface area contributed by atoms with Gasteiger partial charge in [0, 0.05) is 27.1 Å². The summed E-state index contributed by atoms with van der Waals surface area (Å²) in [5.74, 6) is 6.28. The molecule has 10 heteroatoms. The van der Waals surface area contributed by atoms with E-state index in [-0.39, 0.29) is 6.54 Å². The number of carboxylic acid groups (broad SMARTS) is 1. The normalized spacial score (nSPS) is 11.5. The Bertz CT molecular complexity index is 955. The average Bonchev–Trinajstić information content (AvgIpc) is 3.28. The number of amides is 1. The Morgan fingerprint density at radius 1 is 1.50 bits per heavy atom. The Labute approximate surface area is 166 Å². The zero-order valence-electron chi connectivity index (χ0n) is 13.6. The van der Waals surface area contributed by atoms with E-state index in [4.69, 9.17) is 15.4 Å². The first kappa shape index (κ1) is 18.3. The van der Waals surface area contributed by atoms with Gasteiger partial charge in [-0.25, -0.2) is 14.8 Å². The van der Waals surface area contributed by atoms with Crippen LogP contribution in [0.5, 0.6) is 0 Å². The average molecular weight is 483 g/mol. The highest BCUT2D eigenvalue weighted by Crippen LogP contribution is 2.27. The number of rotatable bonds is 5. The van der Waals surface area contributed by atoms with E-state index in [1.807, 2.05) is 18.2 Å². The van der Waals surface area contributed by atoms with Crippen molar-refractivity contribution in [3.05, 3.63) is 56.0 Å². The number of aromatic nitrogens is 2. The molecule has 0 spiro atoms. The third-order valence-electron chi connectivity index (χ3n) is 3.55. The molecule has 26 heavy (non-hydrogen) atoms. The van der Waals surface area contributed by atoms with Crippen LogP contribution >= 0.6 is 33.9 Å². The zero-order chi connectivity index (χ0) is 18.7. The van der Waals surface area contributed by atoms with Gasteiger partial charge in [-0.2, -0.15) is 5.10 Å². The van der Waals surface area contributed by atoms with Gasteiger partial charge in [-0.1, -0.05) is 6.07 Å². The molecule has 0 unspecified atom stereocenters. The van der Waals surface area contributed by atoms with Gasteiger partial charge >= 0.3 is 6.09 Å². The van der Waals surface area contributed by atoms with Crippen molar-refractivity contribution in [3.8, 4) is 11.3 Å². The summed E-state index contributed by atoms with van der Waals surface area (Å²) in [6.07, 6.45) is 2.03. The van der Waals surface area contributed by atoms with Crippen molar-refractivity contribution in [2.45, 2.75) is 6.54 Å². The van der Waals surface area contributed by atoms with Crippen molar-refractivity contribution < 1.29 is 14.3 Å². The molecule has 0 aliphatic rings. The smallest absolute Gasteiger partial charge is 0.407 e. The fraction of sp³-hybridized carbons (Fsp3) is 0.125. The molecule has 2 aromatic heterocycles. The van der Waals surface area contributed by atoms with E-state index in [1.165, 1.54) is 24.8 Å². The van der Waals surface area contributed by atoms with Crippen molar-refractivity contribution in [2.24, 2.45) is 10.9 Å². The summed E-state index contributed by atoms with van der Waals surface area (Å²) >= 11 is 3.58. The number of oxazole rings is 1. The standard InChI is InChI=1S/C16H14IN5O3S/c1-22(16(23)24)6-10-7-26-15(20-10)14(21-18)9-2-3-11(12(17)4-9)13-5-19-8-25-13/h2-5,7-8H,6,18H2,1H3,(H,23,24)/b21-14-. The Hall–Kier alpha value is -2.47. The maximum atomic E-state index is 10.9. The van der Waals surface area contributed by atoms with E-state index in [1.54, 1.807) is 11.6 Å². The van der Waals surface area contributed by atoms with Gasteiger partial charge in [0.25, 0.3) is 0 Å². The summed E-state index contributed by atoms with van der Waals surface area (Å²) in [5, 5.41) is 15.3. The van der Waals surface area contributed by atoms with Crippen molar-refractivity contribution in [3.63, 3.8) is 0 Å². The van der Waals surface area contributed by atoms with Crippen molar-refractivity contribution in [1.82, 2.24) is 14.9 Å². The topological polar surface area (TPSA) is 118 Å². The largest absolute Gasteiger partial charge is 0.465 e. The fourth-order valence-corrected chi connectivity index (χ4v) is 3.87. The molecular formula is C16H14IN5O3S. The van der Waals surface area contributed by atoms with Crippen molar-refractivity contribution >= 4 is 45.7 Å². The second kappa shape index (κ2) is 7.83. The second-order valence-corrected chi connectivity index (χ2v) is 7.34. The van der Waals surface area contributed by atoms with E-state index < -0.39 is 6.09 Å². The number of thiazole rings is 1. The van der Waals surface area contributed by atoms with Gasteiger partial charge in [0.1, 0.15) is 10.7 Å². The van der Waals surface area contributed by atoms with Gasteiger partial charge < -0.3 is 20.3 Å². The Morgan fingerprint density at radius 2 is 2.31 bits per heavy atom. The van der Waals surface area contributed by atoms with Crippen molar-refractivity contribution in [2.75, 3.05) is 7.05 Å². The fourth-order valence-electron chi connectivity index (χ4n) is 2.26. The highest BCUT2D eigenvalue weighted by atomic mass is 127. The van der Waals surface area contributed by atoms with Crippen LogP contribution in [0, 0.1) is 3.57 Å². The number of nitrogens with zero attached hydrogens (tertiary/aromatic N) is 4. The van der Waals surface area contributed by atoms with Crippen LogP contribution in [0.25, 0.3) is 11.3 Å². The lowest BCUT2D eigenvalue weighted by atomic mass is 10.1. The second-order valence-electron chi connectivity index (χ2n) is 5.32. The zero-order valence-corrected chi connectivity index (χ0v) is 16.6. The van der Waals surface area contributed by atoms with Crippen LogP contribution in [0.4, 0.5) is 4.79 Å². The van der Waals surface area contributed by atoms with Gasteiger partial charge in [0.15, 0.2) is 12.2 Å². The van der Waals surface area contributed by atoms with E-state index in [0.717, 1.165) is 19.6 Å². The lowest BCUT2D eigenvalue weighted by Gasteiger charge is -2.10. The third-order valence-corrected chi connectivity index (χ3v) is 5.34. The number of hydrazone groups is 1. The van der Waals surface area contributed by atoms with Crippen LogP contribution in [-0.4, -0.2) is 38.8 Å². The monoisotopic (exact) mass is 483 g/mol. The van der Waals surface area contributed by atoms with E-state index >= 15 is 0 Å². The Kier molecular flexibility index (Phi) is 5.52. The first-order chi connectivity index (χ1) is 12.5. The van der Waals surface area contributed by atoms with Crippen LogP contribution in [-0.2, 0) is 6.54 Å². The van der Waals surface area contributed by atoms with Gasteiger partial charge in [-0.15, -0.1) is 11.3 Å². The lowest BCUT2D eigenvalue weighted by Crippen LogP contribution is -2.24. The summed E-state index contributed by atoms with van der Waals surface area (Å²) in [6, 6.07) is 5.74. The van der Waals surface area contributed by atoms with Crippen molar-refractivity contribution in [1.29, 1.82) is 0 Å². The van der Waals surface area contributed by atoms with Crippen LogP contribution in [0.2, 0.25) is 0 Å². The molecule has 134 valence electrons. The predicted molar refractivity (Wildman–Crippen MR) is 106 cm³/mol. The summed E-state index contributed by atoms with van der Waals surface area (Å²) in [7, 11) is 1.49. The van der Waals surface area contributed by atoms with Crippen LogP contribution in [0.3, 0.4) is 0 Å². The van der Waals surface area contributed by atoms with Gasteiger partial charge in [0.05, 0.1) is 18.4 Å². The quantitative estimate of drug-likeness (QED) is 0.249. The molecule has 0 aliphatic heterocycles. The maximum Gasteiger partial charge on any atom is 0.407 e. The molecule has 1 aromatic carbocycles. The molecular weight excluding hydrogens is 469 g/mol. The van der Waals surface area contributed by atoms with E-state index in [0.29, 0.717) is 22.2 Å². The molecule has 8 nitrogen and oxygen atoms in total. The SMILES string of the molecule is CN(Cc1csc(/C(=N\N)c2ccc(-c3cnco3)c(I)c2)n1)C(=O)O. The first-order valence-electron chi connectivity index (χ1n) is 7.35. The van der Waals surface area contributed by atoms with Crippen LogP contribution in [0.1, 0.15) is 16.3 Å². The Balaban J connectivity index is 1.87. The molecule has 3 N–H and O–H groups in total. The number of halogens is 1. The molecule has 0 radical (unpaired) electrons. The molecule has 3 rings (SSSR count). The van der Waals surface area contributed by atoms with Crippen LogP contribution < -0.4 is 5.84 Å². The molecule has 3 aromatic rings. The molecule has 0 bridgehead atoms. The third kappa shape index (κ3) is 3.85. The molecule has 0 saturated carbocycles. The minimum atomic E-state index is -1.01. The molecule has 2 heterocycles. The Morgan fingerprint density at radius 3 is 2.92 bits per heavy atom. The maximum absolute atomic E-state index is 10.9. The number of hydrogen-bond acceptors (Lipinski definition) is 7. The van der Waals surface area contributed by atoms with Crippen LogP contribution in [0.15, 0.2) is 45.7 Å². The molecule has 1 amide bonds. The van der Waals surface area contributed by atoms with E-state index in [2.05, 4.69) is 37.7 Å². The lowest BCUT2D eigenvalue weighted by molar-refractivity contribution is 0.153. The number of nitrogens with two attached hydrogens (primary N) is 1. The minimum absolute atomic E-state index is 0.200. The minimum Gasteiger partial charge on any atom is -0.465 e. The highest BCUT2D eigenvalue weighted by molar-refractivity contribution is 14.1.